The lowest BCUT2D eigenvalue weighted by Gasteiger charge is -2.25. The molecule has 0 aromatic rings. The summed E-state index contributed by atoms with van der Waals surface area (Å²) in [5, 5.41) is 9.64. The summed E-state index contributed by atoms with van der Waals surface area (Å²) in [7, 11) is 0. The Balaban J connectivity index is 4.41. The smallest absolute Gasteiger partial charge is 0.192 e. The number of Topliss-reactive ketones (excluding diaryl/α,β-unsaturated/α-hetero) is 1. The topological polar surface area (TPSA) is 46.5 Å². The van der Waals surface area contributed by atoms with E-state index in [1.54, 1.807) is 0 Å². The number of carbonyl (C=O) groups is 1. The van der Waals surface area contributed by atoms with Crippen LogP contribution >= 0.6 is 0 Å². The largest absolute Gasteiger partial charge is 0.383 e. The second kappa shape index (κ2) is 6.23. The lowest BCUT2D eigenvalue weighted by molar-refractivity contribution is -0.149. The van der Waals surface area contributed by atoms with Crippen molar-refractivity contribution in [3.8, 4) is 0 Å². The molecule has 3 nitrogen and oxygen atoms in total. The van der Waals surface area contributed by atoms with Crippen LogP contribution in [-0.4, -0.2) is 28.7 Å². The fraction of sp³-hybridized carbons (Fsp3) is 0.917. The number of ketones is 1. The van der Waals surface area contributed by atoms with Crippen molar-refractivity contribution in [2.45, 2.75) is 71.7 Å². The predicted octanol–water partition coefficient (Wildman–Crippen LogP) is 2.31. The molecule has 90 valence electrons. The predicted molar refractivity (Wildman–Crippen MR) is 60.8 cm³/mol. The van der Waals surface area contributed by atoms with Gasteiger partial charge in [0, 0.05) is 0 Å². The van der Waals surface area contributed by atoms with Gasteiger partial charge in [0.25, 0.3) is 0 Å². The van der Waals surface area contributed by atoms with Crippen molar-refractivity contribution in [1.29, 1.82) is 0 Å². The van der Waals surface area contributed by atoms with Gasteiger partial charge >= 0.3 is 0 Å². The molecule has 0 heterocycles. The van der Waals surface area contributed by atoms with Crippen LogP contribution in [-0.2, 0) is 9.53 Å². The number of hydrogen-bond acceptors (Lipinski definition) is 3. The van der Waals surface area contributed by atoms with Crippen LogP contribution in [0.1, 0.15) is 53.9 Å². The number of carbonyl (C=O) groups excluding carboxylic acids is 1. The maximum absolute atomic E-state index is 11.8. The van der Waals surface area contributed by atoms with E-state index in [4.69, 9.17) is 4.74 Å². The molecule has 1 atom stereocenters. The van der Waals surface area contributed by atoms with Crippen molar-refractivity contribution in [2.75, 3.05) is 0 Å². The van der Waals surface area contributed by atoms with Gasteiger partial charge in [-0.25, -0.2) is 0 Å². The van der Waals surface area contributed by atoms with E-state index >= 15 is 0 Å². The molecule has 0 amide bonds. The van der Waals surface area contributed by atoms with Crippen LogP contribution in [0.5, 0.6) is 0 Å². The fourth-order valence-corrected chi connectivity index (χ4v) is 1.37. The van der Waals surface area contributed by atoms with E-state index in [1.807, 2.05) is 13.8 Å². The van der Waals surface area contributed by atoms with Crippen molar-refractivity contribution in [1.82, 2.24) is 0 Å². The van der Waals surface area contributed by atoms with Crippen LogP contribution in [0, 0.1) is 0 Å². The Morgan fingerprint density at radius 3 is 2.27 bits per heavy atom. The maximum atomic E-state index is 11.8. The summed E-state index contributed by atoms with van der Waals surface area (Å²) in [5.41, 5.74) is -1.30. The SMILES string of the molecule is CCCCC(OC(C)C)C(=O)C(C)(C)O. The molecule has 1 unspecified atom stereocenters. The van der Waals surface area contributed by atoms with Gasteiger partial charge in [-0.1, -0.05) is 19.8 Å². The molecule has 0 aliphatic rings. The Bertz CT molecular complexity index is 192. The highest BCUT2D eigenvalue weighted by atomic mass is 16.5. The van der Waals surface area contributed by atoms with Crippen LogP contribution in [0.25, 0.3) is 0 Å². The molecule has 0 fully saturated rings. The first kappa shape index (κ1) is 14.6. The van der Waals surface area contributed by atoms with Crippen molar-refractivity contribution in [3.63, 3.8) is 0 Å². The first-order chi connectivity index (χ1) is 6.79. The van der Waals surface area contributed by atoms with E-state index in [2.05, 4.69) is 6.92 Å². The van der Waals surface area contributed by atoms with Gasteiger partial charge in [-0.15, -0.1) is 0 Å². The third-order valence-corrected chi connectivity index (χ3v) is 2.15. The van der Waals surface area contributed by atoms with Crippen molar-refractivity contribution < 1.29 is 14.6 Å². The van der Waals surface area contributed by atoms with Gasteiger partial charge in [-0.05, 0) is 34.1 Å². The molecule has 0 aliphatic heterocycles. The zero-order valence-corrected chi connectivity index (χ0v) is 10.5. The number of unbranched alkanes of at least 4 members (excludes halogenated alkanes) is 1. The summed E-state index contributed by atoms with van der Waals surface area (Å²) in [6, 6.07) is 0. The molecule has 1 N–H and O–H groups in total. The minimum absolute atomic E-state index is 0.0122. The van der Waals surface area contributed by atoms with Gasteiger partial charge in [-0.3, -0.25) is 4.79 Å². The quantitative estimate of drug-likeness (QED) is 0.710. The molecule has 15 heavy (non-hydrogen) atoms. The molecule has 0 bridgehead atoms. The highest BCUT2D eigenvalue weighted by Gasteiger charge is 2.32. The van der Waals surface area contributed by atoms with E-state index in [0.29, 0.717) is 6.42 Å². The highest BCUT2D eigenvalue weighted by molar-refractivity contribution is 5.90. The van der Waals surface area contributed by atoms with Gasteiger partial charge < -0.3 is 9.84 Å². The summed E-state index contributed by atoms with van der Waals surface area (Å²) in [5.74, 6) is -0.218. The molecule has 0 aromatic heterocycles. The molecule has 0 saturated carbocycles. The summed E-state index contributed by atoms with van der Waals surface area (Å²) in [6.45, 7) is 8.89. The minimum Gasteiger partial charge on any atom is -0.383 e. The van der Waals surface area contributed by atoms with Crippen LogP contribution in [0.15, 0.2) is 0 Å². The Hall–Kier alpha value is -0.410. The minimum atomic E-state index is -1.30. The molecule has 0 radical (unpaired) electrons. The van der Waals surface area contributed by atoms with E-state index < -0.39 is 11.7 Å². The summed E-state index contributed by atoms with van der Waals surface area (Å²) < 4.78 is 5.53. The average molecular weight is 216 g/mol. The van der Waals surface area contributed by atoms with Gasteiger partial charge in [0.2, 0.25) is 0 Å². The number of rotatable bonds is 7. The van der Waals surface area contributed by atoms with E-state index in [0.717, 1.165) is 12.8 Å². The molecule has 3 heteroatoms. The number of aliphatic hydroxyl groups is 1. The molecule has 0 rings (SSSR count). The van der Waals surface area contributed by atoms with Crippen molar-refractivity contribution in [2.24, 2.45) is 0 Å². The Kier molecular flexibility index (Phi) is 6.06. The third kappa shape index (κ3) is 5.90. The van der Waals surface area contributed by atoms with E-state index in [1.165, 1.54) is 13.8 Å². The molecule has 0 spiro atoms. The summed E-state index contributed by atoms with van der Waals surface area (Å²) >= 11 is 0. The van der Waals surface area contributed by atoms with Crippen LogP contribution in [0.2, 0.25) is 0 Å². The van der Waals surface area contributed by atoms with E-state index in [-0.39, 0.29) is 11.9 Å². The maximum Gasteiger partial charge on any atom is 0.192 e. The first-order valence-corrected chi connectivity index (χ1v) is 5.71. The molecular formula is C12H24O3. The average Bonchev–Trinajstić information content (AvgIpc) is 2.09. The van der Waals surface area contributed by atoms with Gasteiger partial charge in [0.05, 0.1) is 6.10 Å². The van der Waals surface area contributed by atoms with E-state index in [9.17, 15) is 9.90 Å². The highest BCUT2D eigenvalue weighted by Crippen LogP contribution is 2.15. The van der Waals surface area contributed by atoms with Crippen LogP contribution < -0.4 is 0 Å². The zero-order chi connectivity index (χ0) is 12.1. The lowest BCUT2D eigenvalue weighted by Crippen LogP contribution is -2.42. The number of hydrogen-bond donors (Lipinski definition) is 1. The second-order valence-corrected chi connectivity index (χ2v) is 4.74. The molecular weight excluding hydrogens is 192 g/mol. The summed E-state index contributed by atoms with van der Waals surface area (Å²) in [4.78, 5) is 11.8. The standard InChI is InChI=1S/C12H24O3/c1-6-7-8-10(15-9(2)3)11(13)12(4,5)14/h9-10,14H,6-8H2,1-5H3. The Morgan fingerprint density at radius 1 is 1.40 bits per heavy atom. The molecule has 0 saturated heterocycles. The number of ether oxygens (including phenoxy) is 1. The third-order valence-electron chi connectivity index (χ3n) is 2.15. The van der Waals surface area contributed by atoms with Crippen LogP contribution in [0.4, 0.5) is 0 Å². The Labute approximate surface area is 92.8 Å². The van der Waals surface area contributed by atoms with Crippen molar-refractivity contribution in [3.05, 3.63) is 0 Å². The zero-order valence-electron chi connectivity index (χ0n) is 10.5. The van der Waals surface area contributed by atoms with Crippen LogP contribution in [0.3, 0.4) is 0 Å². The first-order valence-electron chi connectivity index (χ1n) is 5.71. The molecule has 0 aromatic carbocycles. The normalized spacial score (nSPS) is 14.3. The molecule has 0 aliphatic carbocycles. The van der Waals surface area contributed by atoms with Gasteiger partial charge in [-0.2, -0.15) is 0 Å². The van der Waals surface area contributed by atoms with Gasteiger partial charge in [0.15, 0.2) is 5.78 Å². The Morgan fingerprint density at radius 2 is 1.93 bits per heavy atom. The second-order valence-electron chi connectivity index (χ2n) is 4.74. The van der Waals surface area contributed by atoms with Crippen molar-refractivity contribution >= 4 is 5.78 Å². The van der Waals surface area contributed by atoms with Gasteiger partial charge in [0.1, 0.15) is 11.7 Å². The monoisotopic (exact) mass is 216 g/mol. The lowest BCUT2D eigenvalue weighted by atomic mass is 9.95. The summed E-state index contributed by atoms with van der Waals surface area (Å²) in [6.07, 6.45) is 2.21. The fourth-order valence-electron chi connectivity index (χ4n) is 1.37.